The molecule has 0 aromatic heterocycles. The number of hydrogen-bond donors (Lipinski definition) is 2. The van der Waals surface area contributed by atoms with E-state index in [2.05, 4.69) is 6.92 Å². The highest BCUT2D eigenvalue weighted by molar-refractivity contribution is 5.13. The molecule has 0 amide bonds. The second kappa shape index (κ2) is 15.6. The van der Waals surface area contributed by atoms with Gasteiger partial charge in [-0.3, -0.25) is 0 Å². The van der Waals surface area contributed by atoms with Gasteiger partial charge in [0.05, 0.1) is 0 Å². The third kappa shape index (κ3) is 15.4. The number of nitrogens with zero attached hydrogens (tertiary/aromatic N) is 1. The Kier molecular flexibility index (Phi) is 14.8. The molecule has 1 aliphatic rings. The highest BCUT2D eigenvalue weighted by Crippen LogP contribution is 2.25. The van der Waals surface area contributed by atoms with Crippen LogP contribution in [0.25, 0.3) is 0 Å². The van der Waals surface area contributed by atoms with E-state index >= 15 is 0 Å². The molecule has 136 valence electrons. The molecule has 5 nitrogen and oxygen atoms in total. The summed E-state index contributed by atoms with van der Waals surface area (Å²) < 4.78 is 0. The molecule has 23 heavy (non-hydrogen) atoms. The van der Waals surface area contributed by atoms with Crippen LogP contribution in [0.4, 0.5) is 0 Å². The van der Waals surface area contributed by atoms with Crippen molar-refractivity contribution < 1.29 is 10.3 Å². The van der Waals surface area contributed by atoms with Gasteiger partial charge < -0.3 is 10.9 Å². The number of hydrogen-bond acceptors (Lipinski definition) is 3. The van der Waals surface area contributed by atoms with Gasteiger partial charge in [-0.05, 0) is 38.5 Å². The molecule has 5 heteroatoms. The largest absolute Gasteiger partial charge is 0.402 e. The van der Waals surface area contributed by atoms with E-state index < -0.39 is 5.09 Å². The summed E-state index contributed by atoms with van der Waals surface area (Å²) in [6.07, 6.45) is 20.7. The van der Waals surface area contributed by atoms with Crippen LogP contribution in [0.3, 0.4) is 0 Å². The Morgan fingerprint density at radius 3 is 1.87 bits per heavy atom. The van der Waals surface area contributed by atoms with Crippen LogP contribution in [0.15, 0.2) is 11.3 Å². The molecule has 3 N–H and O–H groups in total. The van der Waals surface area contributed by atoms with E-state index in [-0.39, 0.29) is 0 Å². The van der Waals surface area contributed by atoms with Crippen molar-refractivity contribution in [2.45, 2.75) is 103 Å². The molecular weight excluding hydrogens is 292 g/mol. The molecule has 0 aliphatic heterocycles. The standard InChI is InChI=1S/C18H35N.HNO3/c1-2-3-4-5-6-7-8-9-10-11-14-17-15-12-13-16-18(17)19;2-1(3)4/h2-16,19H2,1H3;(H,2,3,4). The van der Waals surface area contributed by atoms with Crippen molar-refractivity contribution in [2.24, 2.45) is 5.73 Å². The summed E-state index contributed by atoms with van der Waals surface area (Å²) in [7, 11) is 0. The van der Waals surface area contributed by atoms with Gasteiger partial charge in [0, 0.05) is 5.70 Å². The highest BCUT2D eigenvalue weighted by Gasteiger charge is 2.09. The fourth-order valence-corrected chi connectivity index (χ4v) is 3.10. The molecule has 0 aromatic carbocycles. The maximum atomic E-state index is 8.36. The Bertz CT molecular complexity index is 326. The predicted octanol–water partition coefficient (Wildman–Crippen LogP) is 5.74. The van der Waals surface area contributed by atoms with E-state index in [0.29, 0.717) is 0 Å². The maximum absolute atomic E-state index is 8.36. The molecule has 0 bridgehead atoms. The van der Waals surface area contributed by atoms with E-state index in [1.165, 1.54) is 95.6 Å². The Morgan fingerprint density at radius 2 is 1.39 bits per heavy atom. The van der Waals surface area contributed by atoms with Crippen LogP contribution in [-0.2, 0) is 0 Å². The quantitative estimate of drug-likeness (QED) is 0.287. The lowest BCUT2D eigenvalue weighted by atomic mass is 9.92. The summed E-state index contributed by atoms with van der Waals surface area (Å²) in [4.78, 5) is 8.36. The van der Waals surface area contributed by atoms with E-state index in [0.717, 1.165) is 6.42 Å². The summed E-state index contributed by atoms with van der Waals surface area (Å²) in [6, 6.07) is 0. The number of nitrogens with two attached hydrogens (primary N) is 1. The zero-order valence-corrected chi connectivity index (χ0v) is 14.9. The zero-order chi connectivity index (χ0) is 17.3. The Balaban J connectivity index is 0.00000108. The maximum Gasteiger partial charge on any atom is 0.291 e. The van der Waals surface area contributed by atoms with Crippen LogP contribution in [-0.4, -0.2) is 10.3 Å². The first-order valence-corrected chi connectivity index (χ1v) is 9.37. The third-order valence-electron chi connectivity index (χ3n) is 4.46. The van der Waals surface area contributed by atoms with E-state index in [9.17, 15) is 0 Å². The number of rotatable bonds is 11. The van der Waals surface area contributed by atoms with Crippen molar-refractivity contribution in [3.05, 3.63) is 21.4 Å². The number of unbranched alkanes of at least 4 members (excludes halogenated alkanes) is 9. The first kappa shape index (κ1) is 21.7. The van der Waals surface area contributed by atoms with Crippen LogP contribution in [0.1, 0.15) is 103 Å². The molecule has 0 aromatic rings. The lowest BCUT2D eigenvalue weighted by molar-refractivity contribution is -0.742. The van der Waals surface area contributed by atoms with Gasteiger partial charge in [-0.1, -0.05) is 70.3 Å². The van der Waals surface area contributed by atoms with Crippen LogP contribution in [0, 0.1) is 10.1 Å². The second-order valence-corrected chi connectivity index (χ2v) is 6.51. The number of allylic oxidation sites excluding steroid dienone is 2. The Labute approximate surface area is 141 Å². The van der Waals surface area contributed by atoms with Crippen LogP contribution >= 0.6 is 0 Å². The van der Waals surface area contributed by atoms with Crippen molar-refractivity contribution in [3.8, 4) is 0 Å². The summed E-state index contributed by atoms with van der Waals surface area (Å²) in [5.74, 6) is 0. The molecule has 0 spiro atoms. The fraction of sp³-hybridized carbons (Fsp3) is 0.889. The van der Waals surface area contributed by atoms with E-state index in [1.54, 1.807) is 5.57 Å². The zero-order valence-electron chi connectivity index (χ0n) is 14.9. The molecule has 1 aliphatic carbocycles. The van der Waals surface area contributed by atoms with Gasteiger partial charge in [0.1, 0.15) is 0 Å². The Hall–Kier alpha value is -1.26. The minimum absolute atomic E-state index is 1.16. The molecule has 0 saturated heterocycles. The van der Waals surface area contributed by atoms with Gasteiger partial charge in [0.25, 0.3) is 5.09 Å². The molecule has 1 rings (SSSR count). The normalized spacial score (nSPS) is 14.3. The second-order valence-electron chi connectivity index (χ2n) is 6.51. The van der Waals surface area contributed by atoms with Gasteiger partial charge in [-0.25, -0.2) is 0 Å². The fourth-order valence-electron chi connectivity index (χ4n) is 3.10. The monoisotopic (exact) mass is 328 g/mol. The predicted molar refractivity (Wildman–Crippen MR) is 94.9 cm³/mol. The lowest BCUT2D eigenvalue weighted by Crippen LogP contribution is -2.07. The average molecular weight is 328 g/mol. The van der Waals surface area contributed by atoms with Gasteiger partial charge in [-0.15, -0.1) is 10.1 Å². The Morgan fingerprint density at radius 1 is 0.957 bits per heavy atom. The smallest absolute Gasteiger partial charge is 0.291 e. The van der Waals surface area contributed by atoms with Gasteiger partial charge >= 0.3 is 0 Å². The van der Waals surface area contributed by atoms with Crippen LogP contribution < -0.4 is 5.73 Å². The SMILES string of the molecule is CCCCCCCCCCCCC1=C(N)CCCC1.O=[N+]([O-])O. The summed E-state index contributed by atoms with van der Waals surface area (Å²) in [6.45, 7) is 2.29. The van der Waals surface area contributed by atoms with Gasteiger partial charge in [0.2, 0.25) is 0 Å². The first-order valence-electron chi connectivity index (χ1n) is 9.37. The van der Waals surface area contributed by atoms with E-state index in [4.69, 9.17) is 21.1 Å². The van der Waals surface area contributed by atoms with Crippen molar-refractivity contribution in [2.75, 3.05) is 0 Å². The topological polar surface area (TPSA) is 89.4 Å². The molecule has 0 heterocycles. The average Bonchev–Trinajstić information content (AvgIpc) is 2.50. The minimum atomic E-state index is -1.50. The summed E-state index contributed by atoms with van der Waals surface area (Å²) >= 11 is 0. The van der Waals surface area contributed by atoms with Crippen molar-refractivity contribution in [1.29, 1.82) is 0 Å². The van der Waals surface area contributed by atoms with Crippen molar-refractivity contribution in [1.82, 2.24) is 0 Å². The minimum Gasteiger partial charge on any atom is -0.402 e. The first-order chi connectivity index (χ1) is 11.1. The lowest BCUT2D eigenvalue weighted by Gasteiger charge is -2.17. The summed E-state index contributed by atoms with van der Waals surface area (Å²) in [5.41, 5.74) is 8.89. The molecule has 0 atom stereocenters. The van der Waals surface area contributed by atoms with Crippen molar-refractivity contribution in [3.63, 3.8) is 0 Å². The van der Waals surface area contributed by atoms with E-state index in [1.807, 2.05) is 0 Å². The molecular formula is C18H36N2O3. The van der Waals surface area contributed by atoms with Crippen LogP contribution in [0.5, 0.6) is 0 Å². The van der Waals surface area contributed by atoms with Gasteiger partial charge in [-0.2, -0.15) is 0 Å². The van der Waals surface area contributed by atoms with Crippen molar-refractivity contribution >= 4 is 0 Å². The molecule has 0 saturated carbocycles. The third-order valence-corrected chi connectivity index (χ3v) is 4.46. The molecule has 0 radical (unpaired) electrons. The summed E-state index contributed by atoms with van der Waals surface area (Å²) in [5, 5.41) is 13.6. The molecule has 0 fully saturated rings. The van der Waals surface area contributed by atoms with Crippen LogP contribution in [0.2, 0.25) is 0 Å². The molecule has 0 unspecified atom stereocenters. The van der Waals surface area contributed by atoms with Gasteiger partial charge in [0.15, 0.2) is 0 Å². The highest BCUT2D eigenvalue weighted by atomic mass is 16.9.